The maximum Gasteiger partial charge on any atom is 0.318 e. The number of hydrogen-bond donors (Lipinski definition) is 0. The Kier molecular flexibility index (Phi) is 3.60. The first-order chi connectivity index (χ1) is 8.65. The van der Waals surface area contributed by atoms with Gasteiger partial charge in [0.1, 0.15) is 5.92 Å². The van der Waals surface area contributed by atoms with Crippen LogP contribution in [0.2, 0.25) is 0 Å². The molecule has 0 unspecified atom stereocenters. The SMILES string of the molecule is CCOC(=O)[C@H]1C[C@@H](c2cccnc2)N(C)C1=O. The molecule has 1 fully saturated rings. The third-order valence-electron chi connectivity index (χ3n) is 3.21. The summed E-state index contributed by atoms with van der Waals surface area (Å²) in [5.41, 5.74) is 0.945. The number of carbonyl (C=O) groups is 2. The zero-order valence-corrected chi connectivity index (χ0v) is 10.5. The van der Waals surface area contributed by atoms with Crippen molar-refractivity contribution < 1.29 is 14.3 Å². The summed E-state index contributed by atoms with van der Waals surface area (Å²) in [4.78, 5) is 29.3. The number of pyridine rings is 1. The number of carbonyl (C=O) groups excluding carboxylic acids is 2. The summed E-state index contributed by atoms with van der Waals surface area (Å²) in [6, 6.07) is 3.64. The molecule has 0 radical (unpaired) electrons. The summed E-state index contributed by atoms with van der Waals surface area (Å²) in [6.07, 6.45) is 3.87. The lowest BCUT2D eigenvalue weighted by atomic mass is 10.0. The first-order valence-corrected chi connectivity index (χ1v) is 5.98. The largest absolute Gasteiger partial charge is 0.465 e. The molecule has 1 amide bonds. The highest BCUT2D eigenvalue weighted by Crippen LogP contribution is 2.35. The van der Waals surface area contributed by atoms with Gasteiger partial charge in [0, 0.05) is 19.4 Å². The molecule has 1 aromatic heterocycles. The molecule has 1 saturated heterocycles. The minimum atomic E-state index is -0.680. The molecule has 0 N–H and O–H groups in total. The minimum absolute atomic E-state index is 0.0967. The molecule has 2 rings (SSSR count). The number of nitrogens with zero attached hydrogens (tertiary/aromatic N) is 2. The van der Waals surface area contributed by atoms with Crippen LogP contribution in [0.15, 0.2) is 24.5 Å². The molecular formula is C13H16N2O3. The zero-order chi connectivity index (χ0) is 13.1. The van der Waals surface area contributed by atoms with Crippen molar-refractivity contribution in [2.75, 3.05) is 13.7 Å². The minimum Gasteiger partial charge on any atom is -0.465 e. The van der Waals surface area contributed by atoms with E-state index in [9.17, 15) is 9.59 Å². The molecule has 2 atom stereocenters. The summed E-state index contributed by atoms with van der Waals surface area (Å²) >= 11 is 0. The van der Waals surface area contributed by atoms with E-state index in [4.69, 9.17) is 4.74 Å². The van der Waals surface area contributed by atoms with Crippen LogP contribution in [0.4, 0.5) is 0 Å². The summed E-state index contributed by atoms with van der Waals surface area (Å²) < 4.78 is 4.93. The average Bonchev–Trinajstić information content (AvgIpc) is 2.68. The van der Waals surface area contributed by atoms with E-state index in [1.54, 1.807) is 31.3 Å². The van der Waals surface area contributed by atoms with Gasteiger partial charge in [-0.1, -0.05) is 6.07 Å². The Morgan fingerprint density at radius 3 is 3.00 bits per heavy atom. The fraction of sp³-hybridized carbons (Fsp3) is 0.462. The highest BCUT2D eigenvalue weighted by molar-refractivity contribution is 5.99. The highest BCUT2D eigenvalue weighted by atomic mass is 16.5. The smallest absolute Gasteiger partial charge is 0.318 e. The van der Waals surface area contributed by atoms with Crippen LogP contribution >= 0.6 is 0 Å². The van der Waals surface area contributed by atoms with Gasteiger partial charge in [0.05, 0.1) is 12.6 Å². The Bertz CT molecular complexity index is 447. The predicted octanol–water partition coefficient (Wildman–Crippen LogP) is 1.16. The lowest BCUT2D eigenvalue weighted by Gasteiger charge is -2.19. The molecule has 0 spiro atoms. The van der Waals surface area contributed by atoms with Crippen LogP contribution in [-0.4, -0.2) is 35.4 Å². The van der Waals surface area contributed by atoms with E-state index >= 15 is 0 Å². The Balaban J connectivity index is 2.17. The van der Waals surface area contributed by atoms with Crippen LogP contribution in [0.5, 0.6) is 0 Å². The quantitative estimate of drug-likeness (QED) is 0.595. The van der Waals surface area contributed by atoms with Crippen LogP contribution in [0, 0.1) is 5.92 Å². The fourth-order valence-corrected chi connectivity index (χ4v) is 2.25. The van der Waals surface area contributed by atoms with Gasteiger partial charge in [0.2, 0.25) is 5.91 Å². The van der Waals surface area contributed by atoms with Crippen LogP contribution in [0.25, 0.3) is 0 Å². The van der Waals surface area contributed by atoms with Crippen molar-refractivity contribution >= 4 is 11.9 Å². The number of esters is 1. The topological polar surface area (TPSA) is 59.5 Å². The molecule has 0 saturated carbocycles. The van der Waals surface area contributed by atoms with Gasteiger partial charge in [0.25, 0.3) is 0 Å². The van der Waals surface area contributed by atoms with Crippen molar-refractivity contribution in [2.24, 2.45) is 5.92 Å². The molecule has 1 aliphatic rings. The molecule has 0 bridgehead atoms. The van der Waals surface area contributed by atoms with Crippen LogP contribution in [0.1, 0.15) is 24.9 Å². The van der Waals surface area contributed by atoms with Crippen molar-refractivity contribution in [2.45, 2.75) is 19.4 Å². The molecule has 5 nitrogen and oxygen atoms in total. The number of aromatic nitrogens is 1. The van der Waals surface area contributed by atoms with E-state index in [1.165, 1.54) is 0 Å². The van der Waals surface area contributed by atoms with E-state index in [0.29, 0.717) is 13.0 Å². The Labute approximate surface area is 106 Å². The third kappa shape index (κ3) is 2.20. The van der Waals surface area contributed by atoms with E-state index < -0.39 is 11.9 Å². The normalized spacial score (nSPS) is 23.2. The molecular weight excluding hydrogens is 232 g/mol. The maximum absolute atomic E-state index is 12.0. The summed E-state index contributed by atoms with van der Waals surface area (Å²) in [6.45, 7) is 2.03. The molecule has 18 heavy (non-hydrogen) atoms. The third-order valence-corrected chi connectivity index (χ3v) is 3.21. The van der Waals surface area contributed by atoms with Gasteiger partial charge in [-0.15, -0.1) is 0 Å². The molecule has 0 aromatic carbocycles. The van der Waals surface area contributed by atoms with Crippen molar-refractivity contribution in [1.29, 1.82) is 0 Å². The number of amides is 1. The molecule has 2 heterocycles. The van der Waals surface area contributed by atoms with Crippen molar-refractivity contribution in [3.63, 3.8) is 0 Å². The maximum atomic E-state index is 12.0. The highest BCUT2D eigenvalue weighted by Gasteiger charge is 2.43. The number of ether oxygens (including phenoxy) is 1. The fourth-order valence-electron chi connectivity index (χ4n) is 2.25. The van der Waals surface area contributed by atoms with Gasteiger partial charge < -0.3 is 9.64 Å². The van der Waals surface area contributed by atoms with Gasteiger partial charge in [-0.05, 0) is 25.0 Å². The molecule has 1 aromatic rings. The van der Waals surface area contributed by atoms with Crippen LogP contribution in [-0.2, 0) is 14.3 Å². The lowest BCUT2D eigenvalue weighted by Crippen LogP contribution is -2.29. The van der Waals surface area contributed by atoms with Crippen molar-refractivity contribution in [1.82, 2.24) is 9.88 Å². The van der Waals surface area contributed by atoms with Gasteiger partial charge in [-0.25, -0.2) is 0 Å². The van der Waals surface area contributed by atoms with Crippen molar-refractivity contribution in [3.05, 3.63) is 30.1 Å². The monoisotopic (exact) mass is 248 g/mol. The van der Waals surface area contributed by atoms with E-state index in [1.807, 2.05) is 12.1 Å². The summed E-state index contributed by atoms with van der Waals surface area (Å²) in [7, 11) is 1.71. The van der Waals surface area contributed by atoms with Gasteiger partial charge in [-0.3, -0.25) is 14.6 Å². The summed E-state index contributed by atoms with van der Waals surface area (Å²) in [5.74, 6) is -1.29. The van der Waals surface area contributed by atoms with Gasteiger partial charge >= 0.3 is 5.97 Å². The second kappa shape index (κ2) is 5.16. The molecule has 1 aliphatic heterocycles. The zero-order valence-electron chi connectivity index (χ0n) is 10.5. The van der Waals surface area contributed by atoms with E-state index in [0.717, 1.165) is 5.56 Å². The number of hydrogen-bond acceptors (Lipinski definition) is 4. The second-order valence-corrected chi connectivity index (χ2v) is 4.29. The number of likely N-dealkylation sites (tertiary alicyclic amines) is 1. The average molecular weight is 248 g/mol. The number of rotatable bonds is 3. The molecule has 5 heteroatoms. The first-order valence-electron chi connectivity index (χ1n) is 5.98. The predicted molar refractivity (Wildman–Crippen MR) is 64.5 cm³/mol. The first kappa shape index (κ1) is 12.5. The van der Waals surface area contributed by atoms with Crippen LogP contribution in [0.3, 0.4) is 0 Å². The van der Waals surface area contributed by atoms with Gasteiger partial charge in [-0.2, -0.15) is 0 Å². The van der Waals surface area contributed by atoms with Gasteiger partial charge in [0.15, 0.2) is 0 Å². The lowest BCUT2D eigenvalue weighted by molar-refractivity contribution is -0.152. The molecule has 0 aliphatic carbocycles. The Morgan fingerprint density at radius 1 is 1.61 bits per heavy atom. The Morgan fingerprint density at radius 2 is 2.39 bits per heavy atom. The molecule has 96 valence electrons. The second-order valence-electron chi connectivity index (χ2n) is 4.29. The van der Waals surface area contributed by atoms with E-state index in [2.05, 4.69) is 4.98 Å². The standard InChI is InChI=1S/C13H16N2O3/c1-3-18-13(17)10-7-11(15(2)12(10)16)9-5-4-6-14-8-9/h4-6,8,10-11H,3,7H2,1-2H3/t10-,11-/m0/s1. The van der Waals surface area contributed by atoms with E-state index in [-0.39, 0.29) is 11.9 Å². The van der Waals surface area contributed by atoms with Crippen LogP contribution < -0.4 is 0 Å². The van der Waals surface area contributed by atoms with Crippen molar-refractivity contribution in [3.8, 4) is 0 Å². The Hall–Kier alpha value is -1.91. The summed E-state index contributed by atoms with van der Waals surface area (Å²) in [5, 5.41) is 0.